The molecule has 1 aromatic rings. The summed E-state index contributed by atoms with van der Waals surface area (Å²) in [5.74, 6) is -0.539. The van der Waals surface area contributed by atoms with Crippen LogP contribution in [0.15, 0.2) is 18.2 Å². The van der Waals surface area contributed by atoms with Crippen molar-refractivity contribution in [3.05, 3.63) is 33.9 Å². The third-order valence-corrected chi connectivity index (χ3v) is 2.36. The van der Waals surface area contributed by atoms with Crippen LogP contribution >= 0.6 is 0 Å². The molecule has 20 heavy (non-hydrogen) atoms. The molecule has 0 radical (unpaired) electrons. The van der Waals surface area contributed by atoms with Crippen molar-refractivity contribution in [3.63, 3.8) is 0 Å². The number of nitrogens with one attached hydrogen (secondary N) is 1. The molecule has 0 atom stereocenters. The number of rotatable bonds is 6. The number of carbonyl (C=O) groups is 2. The molecule has 0 aliphatic carbocycles. The topological polar surface area (TPSA) is 98.5 Å². The number of carbonyl (C=O) groups excluding carboxylic acids is 2. The monoisotopic (exact) mass is 280 g/mol. The highest BCUT2D eigenvalue weighted by Gasteiger charge is 2.16. The van der Waals surface area contributed by atoms with Crippen LogP contribution in [0.5, 0.6) is 5.75 Å². The zero-order chi connectivity index (χ0) is 15.3. The molecule has 7 nitrogen and oxygen atoms in total. The number of nitro benzene ring substituents is 1. The van der Waals surface area contributed by atoms with Gasteiger partial charge in [-0.05, 0) is 26.8 Å². The van der Waals surface area contributed by atoms with Gasteiger partial charge in [-0.25, -0.2) is 0 Å². The van der Waals surface area contributed by atoms with Gasteiger partial charge in [-0.15, -0.1) is 0 Å². The maximum absolute atomic E-state index is 11.5. The Morgan fingerprint density at radius 2 is 2.05 bits per heavy atom. The van der Waals surface area contributed by atoms with E-state index in [-0.39, 0.29) is 41.3 Å². The molecule has 108 valence electrons. The number of nitro groups is 1. The lowest BCUT2D eigenvalue weighted by Crippen LogP contribution is -2.34. The zero-order valence-electron chi connectivity index (χ0n) is 11.5. The fraction of sp³-hybridized carbons (Fsp3) is 0.385. The molecule has 0 fully saturated rings. The molecule has 0 aliphatic rings. The molecule has 0 aromatic heterocycles. The van der Waals surface area contributed by atoms with Gasteiger partial charge in [0.1, 0.15) is 5.75 Å². The van der Waals surface area contributed by atoms with E-state index in [2.05, 4.69) is 5.32 Å². The molecular weight excluding hydrogens is 264 g/mol. The van der Waals surface area contributed by atoms with Gasteiger partial charge < -0.3 is 10.1 Å². The third-order valence-electron chi connectivity index (χ3n) is 2.36. The normalized spacial score (nSPS) is 10.2. The van der Waals surface area contributed by atoms with E-state index in [1.165, 1.54) is 19.1 Å². The maximum atomic E-state index is 11.5. The molecule has 1 rings (SSSR count). The standard InChI is InChI=1S/C13H16N2O5/c1-8(2)14-13(17)7-20-12-5-4-10(15(18)19)6-11(12)9(3)16/h4-6,8H,7H2,1-3H3,(H,14,17). The molecule has 1 N–H and O–H groups in total. The highest BCUT2D eigenvalue weighted by Crippen LogP contribution is 2.24. The number of ketones is 1. The Labute approximate surface area is 116 Å². The number of ether oxygens (including phenoxy) is 1. The number of benzene rings is 1. The summed E-state index contributed by atoms with van der Waals surface area (Å²) in [5.41, 5.74) is -0.120. The van der Waals surface area contributed by atoms with Crippen LogP contribution in [0.4, 0.5) is 5.69 Å². The van der Waals surface area contributed by atoms with E-state index in [1.54, 1.807) is 0 Å². The fourth-order valence-electron chi connectivity index (χ4n) is 1.54. The molecule has 7 heteroatoms. The number of hydrogen-bond acceptors (Lipinski definition) is 5. The fourth-order valence-corrected chi connectivity index (χ4v) is 1.54. The van der Waals surface area contributed by atoms with Crippen molar-refractivity contribution < 1.29 is 19.2 Å². The van der Waals surface area contributed by atoms with Crippen molar-refractivity contribution >= 4 is 17.4 Å². The summed E-state index contributed by atoms with van der Waals surface area (Å²) in [6.45, 7) is 4.64. The van der Waals surface area contributed by atoms with Crippen LogP contribution in [-0.2, 0) is 4.79 Å². The van der Waals surface area contributed by atoms with Crippen LogP contribution in [0.1, 0.15) is 31.1 Å². The first-order chi connectivity index (χ1) is 9.31. The van der Waals surface area contributed by atoms with Crippen LogP contribution in [0.2, 0.25) is 0 Å². The molecular formula is C13H16N2O5. The Kier molecular flexibility index (Phi) is 5.19. The Bertz CT molecular complexity index is 540. The van der Waals surface area contributed by atoms with Gasteiger partial charge in [0, 0.05) is 18.2 Å². The first kappa shape index (κ1) is 15.6. The lowest BCUT2D eigenvalue weighted by Gasteiger charge is -2.11. The lowest BCUT2D eigenvalue weighted by atomic mass is 10.1. The van der Waals surface area contributed by atoms with Gasteiger partial charge in [0.15, 0.2) is 12.4 Å². The maximum Gasteiger partial charge on any atom is 0.270 e. The summed E-state index contributed by atoms with van der Waals surface area (Å²) in [5, 5.41) is 13.3. The van der Waals surface area contributed by atoms with E-state index in [1.807, 2.05) is 13.8 Å². The summed E-state index contributed by atoms with van der Waals surface area (Å²) >= 11 is 0. The van der Waals surface area contributed by atoms with E-state index in [0.717, 1.165) is 6.07 Å². The first-order valence-corrected chi connectivity index (χ1v) is 6.02. The number of amides is 1. The molecule has 0 unspecified atom stereocenters. The van der Waals surface area contributed by atoms with Crippen molar-refractivity contribution in [2.24, 2.45) is 0 Å². The molecule has 0 saturated heterocycles. The minimum Gasteiger partial charge on any atom is -0.483 e. The Hall–Kier alpha value is -2.44. The van der Waals surface area contributed by atoms with Crippen LogP contribution in [0, 0.1) is 10.1 Å². The predicted octanol–water partition coefficient (Wildman–Crippen LogP) is 1.70. The van der Waals surface area contributed by atoms with Gasteiger partial charge in [0.25, 0.3) is 11.6 Å². The second-order valence-electron chi connectivity index (χ2n) is 4.50. The SMILES string of the molecule is CC(=O)c1cc([N+](=O)[O-])ccc1OCC(=O)NC(C)C. The van der Waals surface area contributed by atoms with Gasteiger partial charge in [-0.1, -0.05) is 0 Å². The van der Waals surface area contributed by atoms with Gasteiger partial charge in [0.2, 0.25) is 0 Å². The summed E-state index contributed by atoms with van der Waals surface area (Å²) in [4.78, 5) is 33.0. The largest absolute Gasteiger partial charge is 0.483 e. The van der Waals surface area contributed by atoms with Crippen LogP contribution in [0.3, 0.4) is 0 Å². The molecule has 0 bridgehead atoms. The van der Waals surface area contributed by atoms with Gasteiger partial charge >= 0.3 is 0 Å². The average molecular weight is 280 g/mol. The second kappa shape index (κ2) is 6.65. The molecule has 1 amide bonds. The summed E-state index contributed by atoms with van der Waals surface area (Å²) < 4.78 is 5.24. The first-order valence-electron chi connectivity index (χ1n) is 6.02. The van der Waals surface area contributed by atoms with Crippen molar-refractivity contribution in [2.45, 2.75) is 26.8 Å². The number of hydrogen-bond donors (Lipinski definition) is 1. The summed E-state index contributed by atoms with van der Waals surface area (Å²) in [6.07, 6.45) is 0. The van der Waals surface area contributed by atoms with E-state index >= 15 is 0 Å². The number of nitrogens with zero attached hydrogens (tertiary/aromatic N) is 1. The minimum atomic E-state index is -0.596. The highest BCUT2D eigenvalue weighted by molar-refractivity contribution is 5.97. The van der Waals surface area contributed by atoms with Crippen molar-refractivity contribution in [3.8, 4) is 5.75 Å². The van der Waals surface area contributed by atoms with Crippen LogP contribution in [-0.4, -0.2) is 29.3 Å². The summed E-state index contributed by atoms with van der Waals surface area (Å²) in [6, 6.07) is 3.66. The Balaban J connectivity index is 2.87. The minimum absolute atomic E-state index is 0.0183. The third kappa shape index (κ3) is 4.34. The van der Waals surface area contributed by atoms with Crippen LogP contribution in [0.25, 0.3) is 0 Å². The zero-order valence-corrected chi connectivity index (χ0v) is 11.5. The van der Waals surface area contributed by atoms with Crippen molar-refractivity contribution in [1.82, 2.24) is 5.32 Å². The molecule has 1 aromatic carbocycles. The van der Waals surface area contributed by atoms with Gasteiger partial charge in [-0.2, -0.15) is 0 Å². The van der Waals surface area contributed by atoms with Crippen molar-refractivity contribution in [1.29, 1.82) is 0 Å². The Morgan fingerprint density at radius 1 is 1.40 bits per heavy atom. The smallest absolute Gasteiger partial charge is 0.270 e. The highest BCUT2D eigenvalue weighted by atomic mass is 16.6. The average Bonchev–Trinajstić information content (AvgIpc) is 2.35. The quantitative estimate of drug-likeness (QED) is 0.486. The number of Topliss-reactive ketones (excluding diaryl/α,β-unsaturated/α-hetero) is 1. The van der Waals surface area contributed by atoms with Crippen LogP contribution < -0.4 is 10.1 Å². The number of non-ortho nitro benzene ring substituents is 1. The predicted molar refractivity (Wildman–Crippen MR) is 71.9 cm³/mol. The van der Waals surface area contributed by atoms with Gasteiger partial charge in [0.05, 0.1) is 10.5 Å². The van der Waals surface area contributed by atoms with E-state index < -0.39 is 4.92 Å². The molecule has 0 spiro atoms. The summed E-state index contributed by atoms with van der Waals surface area (Å²) in [7, 11) is 0. The van der Waals surface area contributed by atoms with E-state index in [4.69, 9.17) is 4.74 Å². The lowest BCUT2D eigenvalue weighted by molar-refractivity contribution is -0.384. The molecule has 0 saturated carbocycles. The Morgan fingerprint density at radius 3 is 2.55 bits per heavy atom. The van der Waals surface area contributed by atoms with Gasteiger partial charge in [-0.3, -0.25) is 19.7 Å². The molecule has 0 heterocycles. The van der Waals surface area contributed by atoms with E-state index in [0.29, 0.717) is 0 Å². The van der Waals surface area contributed by atoms with E-state index in [9.17, 15) is 19.7 Å². The molecule has 0 aliphatic heterocycles. The van der Waals surface area contributed by atoms with Crippen molar-refractivity contribution in [2.75, 3.05) is 6.61 Å². The second-order valence-corrected chi connectivity index (χ2v) is 4.50.